The first-order valence-electron chi connectivity index (χ1n) is 11.1. The molecule has 0 aliphatic rings. The molecule has 0 atom stereocenters. The van der Waals surface area contributed by atoms with E-state index in [9.17, 15) is 0 Å². The van der Waals surface area contributed by atoms with E-state index in [0.29, 0.717) is 33.2 Å². The summed E-state index contributed by atoms with van der Waals surface area (Å²) < 4.78 is 13.4. The van der Waals surface area contributed by atoms with Crippen LogP contribution in [0, 0.1) is 0 Å². The molecule has 0 rings (SSSR count). The van der Waals surface area contributed by atoms with Crippen LogP contribution in [0.4, 0.5) is 0 Å². The maximum absolute atomic E-state index is 6.68. The summed E-state index contributed by atoms with van der Waals surface area (Å²) >= 11 is 0. The van der Waals surface area contributed by atoms with Gasteiger partial charge in [0.15, 0.2) is 16.6 Å². The van der Waals surface area contributed by atoms with Crippen LogP contribution in [0.1, 0.15) is 95.9 Å². The Morgan fingerprint density at radius 1 is 0.423 bits per heavy atom. The summed E-state index contributed by atoms with van der Waals surface area (Å²) in [5.74, 6) is 0. The Morgan fingerprint density at radius 3 is 0.769 bits per heavy atom. The Labute approximate surface area is 168 Å². The largest absolute Gasteiger partial charge is 0.416 e. The van der Waals surface area contributed by atoms with Crippen LogP contribution >= 0.6 is 0 Å². The Kier molecular flexibility index (Phi) is 11.5. The molecule has 0 N–H and O–H groups in total. The molecule has 0 saturated heterocycles. The smallest absolute Gasteiger partial charge is 0.200 e. The Hall–Kier alpha value is 0.354. The molecule has 0 aliphatic carbocycles. The fourth-order valence-corrected chi connectivity index (χ4v) is 16.7. The number of unbranched alkanes of at least 4 members (excludes halogenated alkanes) is 1. The predicted octanol–water partition coefficient (Wildman–Crippen LogP) is 8.15. The monoisotopic (exact) mass is 402 g/mol. The van der Waals surface area contributed by atoms with Crippen molar-refractivity contribution in [1.29, 1.82) is 0 Å². The highest BCUT2D eigenvalue weighted by Crippen LogP contribution is 2.43. The average molecular weight is 403 g/mol. The molecule has 0 saturated carbocycles. The highest BCUT2D eigenvalue weighted by atomic mass is 28.4. The number of hydrogen-bond donors (Lipinski definition) is 0. The fraction of sp³-hybridized carbons (Fsp3) is 1.00. The van der Waals surface area contributed by atoms with E-state index in [2.05, 4.69) is 83.1 Å². The van der Waals surface area contributed by atoms with Gasteiger partial charge in [-0.1, -0.05) is 83.1 Å². The van der Waals surface area contributed by atoms with Gasteiger partial charge in [-0.25, -0.2) is 0 Å². The van der Waals surface area contributed by atoms with Gasteiger partial charge in [-0.15, -0.1) is 0 Å². The quantitative estimate of drug-likeness (QED) is 0.228. The normalized spacial score (nSPS) is 14.1. The van der Waals surface area contributed by atoms with Crippen molar-refractivity contribution in [1.82, 2.24) is 0 Å². The summed E-state index contributed by atoms with van der Waals surface area (Å²) in [6, 6.07) is 0. The van der Waals surface area contributed by atoms with Crippen LogP contribution in [0.5, 0.6) is 0 Å². The Balaban J connectivity index is 4.67. The van der Waals surface area contributed by atoms with Crippen molar-refractivity contribution < 1.29 is 8.85 Å². The van der Waals surface area contributed by atoms with E-state index >= 15 is 0 Å². The molecule has 26 heavy (non-hydrogen) atoms. The highest BCUT2D eigenvalue weighted by molar-refractivity contribution is 6.78. The van der Waals surface area contributed by atoms with Crippen molar-refractivity contribution in [2.75, 3.05) is 13.2 Å². The van der Waals surface area contributed by atoms with E-state index in [-0.39, 0.29) is 0 Å². The molecule has 158 valence electrons. The molecular weight excluding hydrogens is 352 g/mol. The maximum atomic E-state index is 6.68. The molecule has 0 fully saturated rings. The topological polar surface area (TPSA) is 18.5 Å². The van der Waals surface area contributed by atoms with Crippen molar-refractivity contribution in [2.45, 2.75) is 129 Å². The molecule has 0 heterocycles. The van der Waals surface area contributed by atoms with Gasteiger partial charge in [-0.3, -0.25) is 0 Å². The van der Waals surface area contributed by atoms with Crippen LogP contribution in [0.15, 0.2) is 0 Å². The zero-order chi connectivity index (χ0) is 20.7. The molecule has 0 amide bonds. The summed E-state index contributed by atoms with van der Waals surface area (Å²) in [7, 11) is -3.42. The second-order valence-corrected chi connectivity index (χ2v) is 21.0. The van der Waals surface area contributed by atoms with Gasteiger partial charge in [-0.2, -0.15) is 0 Å². The van der Waals surface area contributed by atoms with Crippen molar-refractivity contribution in [3.8, 4) is 0 Å². The van der Waals surface area contributed by atoms with Crippen molar-refractivity contribution >= 4 is 16.6 Å². The maximum Gasteiger partial charge on any atom is 0.200 e. The second-order valence-electron chi connectivity index (χ2n) is 10.0. The molecule has 0 radical (unpaired) electrons. The van der Waals surface area contributed by atoms with E-state index in [0.717, 1.165) is 26.1 Å². The molecule has 0 unspecified atom stereocenters. The summed E-state index contributed by atoms with van der Waals surface area (Å²) in [5, 5.41) is 0. The minimum atomic E-state index is -1.71. The van der Waals surface area contributed by atoms with E-state index in [1.807, 2.05) is 0 Å². The molecule has 0 spiro atoms. The van der Waals surface area contributed by atoms with Gasteiger partial charge in [0.25, 0.3) is 0 Å². The predicted molar refractivity (Wildman–Crippen MR) is 123 cm³/mol. The molecule has 0 aliphatic heterocycles. The average Bonchev–Trinajstić information content (AvgIpc) is 2.47. The van der Waals surface area contributed by atoms with Gasteiger partial charge >= 0.3 is 0 Å². The minimum absolute atomic E-state index is 0.668. The zero-order valence-electron chi connectivity index (χ0n) is 20.1. The van der Waals surface area contributed by atoms with Gasteiger partial charge in [0.05, 0.1) is 0 Å². The first-order valence-corrected chi connectivity index (χ1v) is 15.4. The number of hydrogen-bond acceptors (Lipinski definition) is 2. The van der Waals surface area contributed by atoms with Crippen LogP contribution in [-0.2, 0) is 8.85 Å². The van der Waals surface area contributed by atoms with E-state index in [4.69, 9.17) is 8.85 Å². The Bertz CT molecular complexity index is 297. The van der Waals surface area contributed by atoms with E-state index in [1.54, 1.807) is 0 Å². The summed E-state index contributed by atoms with van der Waals surface area (Å²) in [6.07, 6.45) is 2.25. The van der Waals surface area contributed by atoms with Gasteiger partial charge in [-0.05, 0) is 46.1 Å². The lowest BCUT2D eigenvalue weighted by molar-refractivity contribution is 0.233. The van der Waals surface area contributed by atoms with Crippen molar-refractivity contribution in [3.63, 3.8) is 0 Å². The van der Waals surface area contributed by atoms with Crippen LogP contribution < -0.4 is 0 Å². The molecule has 2 nitrogen and oxygen atoms in total. The first kappa shape index (κ1) is 26.4. The SMILES string of the molecule is CC(C)[Si](OCCCCO[Si](C(C)C)(C(C)C)C(C)C)(C(C)C)C(C)C. The Morgan fingerprint density at radius 2 is 0.615 bits per heavy atom. The zero-order valence-corrected chi connectivity index (χ0v) is 22.1. The van der Waals surface area contributed by atoms with E-state index in [1.165, 1.54) is 0 Å². The third-order valence-electron chi connectivity index (χ3n) is 6.66. The van der Waals surface area contributed by atoms with Gasteiger partial charge in [0.2, 0.25) is 0 Å². The van der Waals surface area contributed by atoms with Crippen LogP contribution in [0.25, 0.3) is 0 Å². The summed E-state index contributed by atoms with van der Waals surface area (Å²) in [6.45, 7) is 30.2. The molecular formula is C22H50O2Si2. The third-order valence-corrected chi connectivity index (χ3v) is 18.9. The fourth-order valence-electron chi connectivity index (χ4n) is 5.70. The van der Waals surface area contributed by atoms with Gasteiger partial charge in [0, 0.05) is 13.2 Å². The van der Waals surface area contributed by atoms with E-state index < -0.39 is 16.6 Å². The molecule has 0 bridgehead atoms. The summed E-state index contributed by atoms with van der Waals surface area (Å²) in [4.78, 5) is 0. The molecule has 0 aromatic rings. The minimum Gasteiger partial charge on any atom is -0.416 e. The lowest BCUT2D eigenvalue weighted by Gasteiger charge is -2.43. The molecule has 4 heteroatoms. The van der Waals surface area contributed by atoms with Crippen molar-refractivity contribution in [2.24, 2.45) is 0 Å². The summed E-state index contributed by atoms with van der Waals surface area (Å²) in [5.41, 5.74) is 4.01. The lowest BCUT2D eigenvalue weighted by atomic mass is 10.3. The van der Waals surface area contributed by atoms with Crippen LogP contribution in [0.2, 0.25) is 33.2 Å². The van der Waals surface area contributed by atoms with Gasteiger partial charge in [0.1, 0.15) is 0 Å². The standard InChI is InChI=1S/C22H50O2Si2/c1-17(2)25(18(3)4,19(5)6)23-15-13-14-16-24-26(20(7)8,21(9)10)22(11)12/h17-22H,13-16H2,1-12H3. The molecule has 0 aromatic carbocycles. The first-order chi connectivity index (χ1) is 11.9. The van der Waals surface area contributed by atoms with Crippen LogP contribution in [-0.4, -0.2) is 29.8 Å². The number of rotatable bonds is 13. The third kappa shape index (κ3) is 5.92. The molecule has 0 aromatic heterocycles. The van der Waals surface area contributed by atoms with Crippen LogP contribution in [0.3, 0.4) is 0 Å². The lowest BCUT2D eigenvalue weighted by Crippen LogP contribution is -2.48. The highest BCUT2D eigenvalue weighted by Gasteiger charge is 2.45. The van der Waals surface area contributed by atoms with Crippen molar-refractivity contribution in [3.05, 3.63) is 0 Å². The second kappa shape index (κ2) is 11.4. The van der Waals surface area contributed by atoms with Gasteiger partial charge < -0.3 is 8.85 Å².